The van der Waals surface area contributed by atoms with Crippen molar-refractivity contribution >= 4 is 34.5 Å². The molecule has 1 atom stereocenters. The molecule has 1 aromatic carbocycles. The average molecular weight is 301 g/mol. The van der Waals surface area contributed by atoms with E-state index in [2.05, 4.69) is 17.2 Å². The first-order valence-electron chi connectivity index (χ1n) is 5.68. The molecule has 1 unspecified atom stereocenters. The molecule has 1 aromatic heterocycles. The molecule has 0 amide bonds. The van der Waals surface area contributed by atoms with Crippen LogP contribution in [0.3, 0.4) is 0 Å². The number of aromatic nitrogens is 1. The number of likely N-dealkylation sites (N-methyl/N-ethyl adjacent to an activating group) is 1. The van der Waals surface area contributed by atoms with E-state index in [-0.39, 0.29) is 0 Å². The van der Waals surface area contributed by atoms with Gasteiger partial charge in [-0.05, 0) is 13.1 Å². The molecule has 0 spiro atoms. The van der Waals surface area contributed by atoms with Crippen LogP contribution in [0.5, 0.6) is 0 Å². The van der Waals surface area contributed by atoms with Crippen molar-refractivity contribution in [2.24, 2.45) is 0 Å². The number of thiazole rings is 1. The second kappa shape index (κ2) is 6.02. The van der Waals surface area contributed by atoms with Crippen LogP contribution < -0.4 is 5.32 Å². The summed E-state index contributed by atoms with van der Waals surface area (Å²) >= 11 is 13.9. The summed E-state index contributed by atoms with van der Waals surface area (Å²) in [6, 6.07) is 5.61. The summed E-state index contributed by atoms with van der Waals surface area (Å²) in [6.07, 6.45) is 0. The highest BCUT2D eigenvalue weighted by Crippen LogP contribution is 2.34. The summed E-state index contributed by atoms with van der Waals surface area (Å²) in [5.74, 6) is 0.395. The Morgan fingerprint density at radius 1 is 1.39 bits per heavy atom. The van der Waals surface area contributed by atoms with E-state index in [4.69, 9.17) is 23.2 Å². The van der Waals surface area contributed by atoms with E-state index in [9.17, 15) is 0 Å². The molecule has 0 aliphatic carbocycles. The second-order valence-electron chi connectivity index (χ2n) is 4.13. The Balaban J connectivity index is 2.32. The van der Waals surface area contributed by atoms with E-state index >= 15 is 0 Å². The molecular formula is C13H14Cl2N2S. The van der Waals surface area contributed by atoms with Crippen molar-refractivity contribution in [1.82, 2.24) is 10.3 Å². The molecule has 5 heteroatoms. The van der Waals surface area contributed by atoms with Crippen molar-refractivity contribution < 1.29 is 0 Å². The highest BCUT2D eigenvalue weighted by atomic mass is 35.5. The molecule has 2 rings (SSSR count). The number of nitrogens with zero attached hydrogens (tertiary/aromatic N) is 1. The lowest BCUT2D eigenvalue weighted by molar-refractivity contribution is 0.674. The minimum Gasteiger partial charge on any atom is -0.319 e. The summed E-state index contributed by atoms with van der Waals surface area (Å²) in [6.45, 7) is 3.06. The number of nitrogens with one attached hydrogen (secondary N) is 1. The fourth-order valence-corrected chi connectivity index (χ4v) is 3.01. The maximum absolute atomic E-state index is 6.20. The Bertz CT molecular complexity index is 540. The van der Waals surface area contributed by atoms with Crippen LogP contribution >= 0.6 is 34.5 Å². The van der Waals surface area contributed by atoms with Gasteiger partial charge in [0.05, 0.1) is 20.7 Å². The van der Waals surface area contributed by atoms with Gasteiger partial charge in [0.1, 0.15) is 0 Å². The lowest BCUT2D eigenvalue weighted by atomic mass is 10.1. The van der Waals surface area contributed by atoms with E-state index in [1.54, 1.807) is 17.4 Å². The van der Waals surface area contributed by atoms with Crippen molar-refractivity contribution in [3.05, 3.63) is 38.6 Å². The van der Waals surface area contributed by atoms with Gasteiger partial charge in [-0.1, -0.05) is 42.3 Å². The summed E-state index contributed by atoms with van der Waals surface area (Å²) < 4.78 is 0. The van der Waals surface area contributed by atoms with E-state index in [0.717, 1.165) is 22.8 Å². The number of rotatable bonds is 4. The van der Waals surface area contributed by atoms with Gasteiger partial charge in [-0.15, -0.1) is 11.3 Å². The van der Waals surface area contributed by atoms with Crippen LogP contribution in [0.25, 0.3) is 11.3 Å². The Kier molecular flexibility index (Phi) is 4.62. The van der Waals surface area contributed by atoms with E-state index in [0.29, 0.717) is 16.0 Å². The van der Waals surface area contributed by atoms with Crippen molar-refractivity contribution in [2.45, 2.75) is 12.8 Å². The van der Waals surface area contributed by atoms with Crippen LogP contribution in [0, 0.1) is 0 Å². The lowest BCUT2D eigenvalue weighted by Gasteiger charge is -2.06. The molecule has 2 aromatic rings. The smallest absolute Gasteiger partial charge is 0.0973 e. The largest absolute Gasteiger partial charge is 0.319 e. The van der Waals surface area contributed by atoms with Crippen LogP contribution in [0.2, 0.25) is 10.0 Å². The van der Waals surface area contributed by atoms with Gasteiger partial charge in [-0.2, -0.15) is 0 Å². The van der Waals surface area contributed by atoms with E-state index < -0.39 is 0 Å². The number of halogens is 2. The molecule has 0 aliphatic rings. The Labute approximate surface area is 121 Å². The normalized spacial score (nSPS) is 12.7. The van der Waals surface area contributed by atoms with Gasteiger partial charge in [0.15, 0.2) is 0 Å². The molecule has 0 saturated carbocycles. The standard InChI is InChI=1S/C13H14Cl2N2S/c1-8(6-16-2)13-17-11(7-18-13)9-4-3-5-10(14)12(9)15/h3-5,7-8,16H,6H2,1-2H3. The first-order chi connectivity index (χ1) is 8.63. The molecule has 0 aliphatic heterocycles. The average Bonchev–Trinajstić information content (AvgIpc) is 2.82. The minimum atomic E-state index is 0.395. The van der Waals surface area contributed by atoms with Crippen molar-refractivity contribution in [3.63, 3.8) is 0 Å². The summed E-state index contributed by atoms with van der Waals surface area (Å²) in [5, 5.41) is 7.42. The zero-order valence-corrected chi connectivity index (χ0v) is 12.5. The first kappa shape index (κ1) is 13.8. The third-order valence-electron chi connectivity index (χ3n) is 2.68. The molecule has 0 fully saturated rings. The maximum Gasteiger partial charge on any atom is 0.0973 e. The van der Waals surface area contributed by atoms with E-state index in [1.807, 2.05) is 24.6 Å². The highest BCUT2D eigenvalue weighted by Gasteiger charge is 2.13. The molecule has 96 valence electrons. The van der Waals surface area contributed by atoms with Crippen molar-refractivity contribution in [2.75, 3.05) is 13.6 Å². The third-order valence-corrected chi connectivity index (χ3v) is 4.58. The molecular weight excluding hydrogens is 287 g/mol. The molecule has 0 bridgehead atoms. The Morgan fingerprint density at radius 2 is 2.17 bits per heavy atom. The Morgan fingerprint density at radius 3 is 2.89 bits per heavy atom. The Hall–Kier alpha value is -0.610. The molecule has 18 heavy (non-hydrogen) atoms. The summed E-state index contributed by atoms with van der Waals surface area (Å²) in [4.78, 5) is 4.64. The highest BCUT2D eigenvalue weighted by molar-refractivity contribution is 7.10. The van der Waals surface area contributed by atoms with Crippen molar-refractivity contribution in [3.8, 4) is 11.3 Å². The summed E-state index contributed by atoms with van der Waals surface area (Å²) in [7, 11) is 1.94. The van der Waals surface area contributed by atoms with Crippen molar-refractivity contribution in [1.29, 1.82) is 0 Å². The maximum atomic E-state index is 6.20. The van der Waals surface area contributed by atoms with Crippen LogP contribution in [-0.2, 0) is 0 Å². The molecule has 2 nitrogen and oxygen atoms in total. The van der Waals surface area contributed by atoms with Gasteiger partial charge < -0.3 is 5.32 Å². The van der Waals surface area contributed by atoms with Crippen LogP contribution in [0.1, 0.15) is 17.8 Å². The fourth-order valence-electron chi connectivity index (χ4n) is 1.73. The molecule has 1 N–H and O–H groups in total. The van der Waals surface area contributed by atoms with Gasteiger partial charge in [0.2, 0.25) is 0 Å². The number of benzene rings is 1. The van der Waals surface area contributed by atoms with Crippen LogP contribution in [0.15, 0.2) is 23.6 Å². The molecule has 0 radical (unpaired) electrons. The third kappa shape index (κ3) is 2.86. The number of hydrogen-bond acceptors (Lipinski definition) is 3. The van der Waals surface area contributed by atoms with Crippen LogP contribution in [-0.4, -0.2) is 18.6 Å². The van der Waals surface area contributed by atoms with E-state index in [1.165, 1.54) is 0 Å². The topological polar surface area (TPSA) is 24.9 Å². The predicted octanol–water partition coefficient (Wildman–Crippen LogP) is 4.44. The predicted molar refractivity (Wildman–Crippen MR) is 79.9 cm³/mol. The first-order valence-corrected chi connectivity index (χ1v) is 7.31. The van der Waals surface area contributed by atoms with Gasteiger partial charge in [-0.3, -0.25) is 0 Å². The molecule has 1 heterocycles. The quantitative estimate of drug-likeness (QED) is 0.903. The van der Waals surface area contributed by atoms with Gasteiger partial charge in [0, 0.05) is 23.4 Å². The zero-order valence-electron chi connectivity index (χ0n) is 10.2. The minimum absolute atomic E-state index is 0.395. The number of hydrogen-bond donors (Lipinski definition) is 1. The fraction of sp³-hybridized carbons (Fsp3) is 0.308. The second-order valence-corrected chi connectivity index (χ2v) is 5.81. The van der Waals surface area contributed by atoms with Gasteiger partial charge in [0.25, 0.3) is 0 Å². The summed E-state index contributed by atoms with van der Waals surface area (Å²) in [5.41, 5.74) is 1.79. The SMILES string of the molecule is CNCC(C)c1nc(-c2cccc(Cl)c2Cl)cs1. The van der Waals surface area contributed by atoms with Gasteiger partial charge in [-0.25, -0.2) is 4.98 Å². The lowest BCUT2D eigenvalue weighted by Crippen LogP contribution is -2.14. The van der Waals surface area contributed by atoms with Crippen LogP contribution in [0.4, 0.5) is 0 Å². The van der Waals surface area contributed by atoms with Gasteiger partial charge >= 0.3 is 0 Å². The zero-order chi connectivity index (χ0) is 13.1. The monoisotopic (exact) mass is 300 g/mol. The molecule has 0 saturated heterocycles.